The molecule has 1 heterocycles. The number of aromatic nitrogens is 1. The lowest BCUT2D eigenvalue weighted by Crippen LogP contribution is -2.20. The fourth-order valence-electron chi connectivity index (χ4n) is 3.54. The van der Waals surface area contributed by atoms with E-state index in [1.165, 1.54) is 16.5 Å². The fraction of sp³-hybridized carbons (Fsp3) is 0.167. The van der Waals surface area contributed by atoms with Crippen molar-refractivity contribution in [2.24, 2.45) is 0 Å². The van der Waals surface area contributed by atoms with Crippen LogP contribution in [-0.2, 0) is 13.1 Å². The van der Waals surface area contributed by atoms with Gasteiger partial charge in [0.05, 0.1) is 6.10 Å². The molecule has 4 aromatic rings. The largest absolute Gasteiger partial charge is 0.387 e. The van der Waals surface area contributed by atoms with E-state index in [0.29, 0.717) is 13.1 Å². The number of rotatable bonds is 7. The van der Waals surface area contributed by atoms with Gasteiger partial charge in [0.1, 0.15) is 0 Å². The zero-order valence-corrected chi connectivity index (χ0v) is 16.3. The van der Waals surface area contributed by atoms with E-state index in [-0.39, 0.29) is 0 Å². The van der Waals surface area contributed by atoms with Crippen molar-refractivity contribution in [2.45, 2.75) is 19.2 Å². The molecule has 3 aromatic carbocycles. The van der Waals surface area contributed by atoms with E-state index >= 15 is 0 Å². The van der Waals surface area contributed by atoms with Gasteiger partial charge >= 0.3 is 0 Å². The first-order valence-corrected chi connectivity index (χ1v) is 9.84. The molecule has 0 fully saturated rings. The van der Waals surface area contributed by atoms with Gasteiger partial charge in [-0.3, -0.25) is 0 Å². The number of benzene rings is 3. The molecule has 0 radical (unpaired) electrons. The Morgan fingerprint density at radius 1 is 0.857 bits per heavy atom. The Bertz CT molecular complexity index is 1060. The summed E-state index contributed by atoms with van der Waals surface area (Å²) >= 11 is 6.36. The van der Waals surface area contributed by atoms with E-state index in [9.17, 15) is 5.11 Å². The topological polar surface area (TPSA) is 37.2 Å². The van der Waals surface area contributed by atoms with Crippen molar-refractivity contribution in [2.75, 3.05) is 6.54 Å². The van der Waals surface area contributed by atoms with Crippen LogP contribution in [0.15, 0.2) is 85.1 Å². The molecule has 142 valence electrons. The maximum Gasteiger partial charge on any atom is 0.0914 e. The zero-order valence-electron chi connectivity index (χ0n) is 15.6. The quantitative estimate of drug-likeness (QED) is 0.457. The Morgan fingerprint density at radius 2 is 1.57 bits per heavy atom. The summed E-state index contributed by atoms with van der Waals surface area (Å²) in [4.78, 5) is 0. The maximum atomic E-state index is 10.4. The summed E-state index contributed by atoms with van der Waals surface area (Å²) in [6.07, 6.45) is 1.66. The van der Waals surface area contributed by atoms with Gasteiger partial charge in [-0.05, 0) is 28.8 Å². The third kappa shape index (κ3) is 4.12. The van der Waals surface area contributed by atoms with Crippen molar-refractivity contribution in [3.05, 3.63) is 107 Å². The van der Waals surface area contributed by atoms with E-state index in [4.69, 9.17) is 11.6 Å². The number of aliphatic hydroxyl groups excluding tert-OH is 1. The number of para-hydroxylation sites is 1. The van der Waals surface area contributed by atoms with Crippen LogP contribution in [0.4, 0.5) is 0 Å². The van der Waals surface area contributed by atoms with Crippen LogP contribution >= 0.6 is 11.6 Å². The van der Waals surface area contributed by atoms with Crippen molar-refractivity contribution in [3.8, 4) is 0 Å². The third-order valence-electron chi connectivity index (χ3n) is 5.01. The summed E-state index contributed by atoms with van der Waals surface area (Å²) in [6, 6.07) is 26.1. The van der Waals surface area contributed by atoms with E-state index in [0.717, 1.165) is 22.7 Å². The van der Waals surface area contributed by atoms with E-state index in [2.05, 4.69) is 46.4 Å². The lowest BCUT2D eigenvalue weighted by Gasteiger charge is -2.11. The lowest BCUT2D eigenvalue weighted by atomic mass is 10.1. The smallest absolute Gasteiger partial charge is 0.0914 e. The van der Waals surface area contributed by atoms with Crippen LogP contribution in [0.3, 0.4) is 0 Å². The first-order chi connectivity index (χ1) is 13.7. The number of nitrogens with one attached hydrogen (secondary N) is 1. The summed E-state index contributed by atoms with van der Waals surface area (Å²) in [5.74, 6) is 0. The summed E-state index contributed by atoms with van der Waals surface area (Å²) in [7, 11) is 0. The van der Waals surface area contributed by atoms with Gasteiger partial charge in [-0.15, -0.1) is 0 Å². The molecule has 0 bridgehead atoms. The van der Waals surface area contributed by atoms with Crippen LogP contribution in [0.2, 0.25) is 5.02 Å². The highest BCUT2D eigenvalue weighted by Crippen LogP contribution is 2.24. The summed E-state index contributed by atoms with van der Waals surface area (Å²) in [6.45, 7) is 1.93. The number of aliphatic hydroxyl groups is 1. The van der Waals surface area contributed by atoms with Crippen molar-refractivity contribution in [1.82, 2.24) is 9.88 Å². The van der Waals surface area contributed by atoms with Crippen LogP contribution in [0.5, 0.6) is 0 Å². The Kier molecular flexibility index (Phi) is 5.77. The van der Waals surface area contributed by atoms with Gasteiger partial charge in [-0.2, -0.15) is 0 Å². The lowest BCUT2D eigenvalue weighted by molar-refractivity contribution is 0.174. The predicted octanol–water partition coefficient (Wildman–Crippen LogP) is 5.17. The van der Waals surface area contributed by atoms with E-state index in [1.807, 2.05) is 48.5 Å². The molecule has 1 unspecified atom stereocenters. The van der Waals surface area contributed by atoms with Gasteiger partial charge in [-0.25, -0.2) is 0 Å². The Hall–Kier alpha value is -2.59. The molecule has 1 atom stereocenters. The summed E-state index contributed by atoms with van der Waals surface area (Å²) in [5, 5.41) is 15.8. The number of fused-ring (bicyclic) bond motifs is 1. The van der Waals surface area contributed by atoms with Crippen molar-refractivity contribution in [3.63, 3.8) is 0 Å². The van der Waals surface area contributed by atoms with Crippen LogP contribution < -0.4 is 5.32 Å². The number of halogens is 1. The molecular formula is C24H23ClN2O. The SMILES string of the molecule is OC(CNCc1cn(Cc2ccccc2Cl)c2ccccc12)c1ccccc1. The number of nitrogens with zero attached hydrogens (tertiary/aromatic N) is 1. The van der Waals surface area contributed by atoms with Gasteiger partial charge in [-0.1, -0.05) is 78.3 Å². The first kappa shape index (κ1) is 18.8. The minimum atomic E-state index is -0.516. The second-order valence-corrected chi connectivity index (χ2v) is 7.36. The van der Waals surface area contributed by atoms with Gasteiger partial charge in [0.15, 0.2) is 0 Å². The summed E-state index contributed by atoms with van der Waals surface area (Å²) < 4.78 is 2.24. The minimum Gasteiger partial charge on any atom is -0.387 e. The average Bonchev–Trinajstić information content (AvgIpc) is 3.08. The van der Waals surface area contributed by atoms with Gasteiger partial charge in [0.2, 0.25) is 0 Å². The van der Waals surface area contributed by atoms with Gasteiger partial charge < -0.3 is 15.0 Å². The molecular weight excluding hydrogens is 368 g/mol. The monoisotopic (exact) mass is 390 g/mol. The highest BCUT2D eigenvalue weighted by atomic mass is 35.5. The van der Waals surface area contributed by atoms with Gasteiger partial charge in [0, 0.05) is 41.8 Å². The first-order valence-electron chi connectivity index (χ1n) is 9.46. The second-order valence-electron chi connectivity index (χ2n) is 6.95. The maximum absolute atomic E-state index is 10.4. The van der Waals surface area contributed by atoms with Gasteiger partial charge in [0.25, 0.3) is 0 Å². The van der Waals surface area contributed by atoms with Crippen LogP contribution in [0.25, 0.3) is 10.9 Å². The number of hydrogen-bond donors (Lipinski definition) is 2. The van der Waals surface area contributed by atoms with Crippen LogP contribution in [0, 0.1) is 0 Å². The average molecular weight is 391 g/mol. The molecule has 0 aliphatic heterocycles. The summed E-state index contributed by atoms with van der Waals surface area (Å²) in [5.41, 5.74) is 4.42. The molecule has 3 nitrogen and oxygen atoms in total. The Morgan fingerprint density at radius 3 is 2.39 bits per heavy atom. The Balaban J connectivity index is 1.51. The molecule has 4 rings (SSSR count). The molecule has 0 spiro atoms. The molecule has 0 saturated carbocycles. The normalized spacial score (nSPS) is 12.4. The number of hydrogen-bond acceptors (Lipinski definition) is 2. The molecule has 0 aliphatic carbocycles. The molecule has 2 N–H and O–H groups in total. The molecule has 0 saturated heterocycles. The molecule has 4 heteroatoms. The fourth-order valence-corrected chi connectivity index (χ4v) is 3.74. The van der Waals surface area contributed by atoms with E-state index < -0.39 is 6.10 Å². The predicted molar refractivity (Wildman–Crippen MR) is 116 cm³/mol. The molecule has 28 heavy (non-hydrogen) atoms. The third-order valence-corrected chi connectivity index (χ3v) is 5.38. The molecule has 0 aliphatic rings. The highest BCUT2D eigenvalue weighted by molar-refractivity contribution is 6.31. The standard InChI is InChI=1S/C24H23ClN2O/c25-22-12-6-4-10-19(22)16-27-17-20(21-11-5-7-13-23(21)27)14-26-15-24(28)18-8-2-1-3-9-18/h1-13,17,24,26,28H,14-16H2. The minimum absolute atomic E-state index is 0.508. The van der Waals surface area contributed by atoms with Crippen molar-refractivity contribution < 1.29 is 5.11 Å². The van der Waals surface area contributed by atoms with Crippen LogP contribution in [0.1, 0.15) is 22.8 Å². The molecule has 0 amide bonds. The Labute approximate surface area is 170 Å². The zero-order chi connectivity index (χ0) is 19.3. The molecule has 1 aromatic heterocycles. The van der Waals surface area contributed by atoms with Crippen LogP contribution in [-0.4, -0.2) is 16.2 Å². The van der Waals surface area contributed by atoms with Crippen molar-refractivity contribution >= 4 is 22.5 Å². The van der Waals surface area contributed by atoms with E-state index in [1.54, 1.807) is 0 Å². The highest BCUT2D eigenvalue weighted by Gasteiger charge is 2.11. The second kappa shape index (κ2) is 8.61. The van der Waals surface area contributed by atoms with Crippen molar-refractivity contribution in [1.29, 1.82) is 0 Å².